The van der Waals surface area contributed by atoms with E-state index in [2.05, 4.69) is 33.9 Å². The molecule has 2 aliphatic rings. The van der Waals surface area contributed by atoms with Gasteiger partial charge in [-0.3, -0.25) is 0 Å². The zero-order chi connectivity index (χ0) is 14.8. The molecule has 1 aliphatic heterocycles. The Kier molecular flexibility index (Phi) is 4.60. The van der Waals surface area contributed by atoms with Crippen molar-refractivity contribution in [2.24, 2.45) is 11.8 Å². The van der Waals surface area contributed by atoms with E-state index in [9.17, 15) is 0 Å². The van der Waals surface area contributed by atoms with Crippen LogP contribution in [0.1, 0.15) is 51.2 Å². The molecule has 4 atom stereocenters. The van der Waals surface area contributed by atoms with Gasteiger partial charge >= 0.3 is 0 Å². The van der Waals surface area contributed by atoms with Crippen molar-refractivity contribution >= 4 is 0 Å². The molecule has 1 aliphatic carbocycles. The van der Waals surface area contributed by atoms with E-state index in [1.165, 1.54) is 25.7 Å². The van der Waals surface area contributed by atoms with Gasteiger partial charge < -0.3 is 10.1 Å². The number of hydrogen-bond acceptors (Lipinski definition) is 4. The summed E-state index contributed by atoms with van der Waals surface area (Å²) in [7, 11) is 1.69. The molecule has 0 radical (unpaired) electrons. The summed E-state index contributed by atoms with van der Waals surface area (Å²) in [6, 6.07) is 1.23. The second kappa shape index (κ2) is 6.44. The number of hydrogen-bond donors (Lipinski definition) is 1. The molecular formula is C16H28N4O. The minimum Gasteiger partial charge on any atom is -0.377 e. The monoisotopic (exact) mass is 292 g/mol. The van der Waals surface area contributed by atoms with Crippen molar-refractivity contribution in [3.63, 3.8) is 0 Å². The number of aryl methyl sites for hydroxylation is 1. The van der Waals surface area contributed by atoms with Gasteiger partial charge in [0.25, 0.3) is 0 Å². The Labute approximate surface area is 127 Å². The Hall–Kier alpha value is -0.940. The molecule has 1 saturated carbocycles. The van der Waals surface area contributed by atoms with Gasteiger partial charge in [0.2, 0.25) is 0 Å². The molecule has 0 aromatic carbocycles. The van der Waals surface area contributed by atoms with Crippen molar-refractivity contribution in [3.8, 4) is 0 Å². The van der Waals surface area contributed by atoms with E-state index in [1.807, 2.05) is 0 Å². The molecule has 0 unspecified atom stereocenters. The molecule has 1 fully saturated rings. The first-order chi connectivity index (χ1) is 10.2. The van der Waals surface area contributed by atoms with Crippen LogP contribution in [0.25, 0.3) is 0 Å². The highest BCUT2D eigenvalue weighted by Crippen LogP contribution is 2.30. The number of nitrogens with zero attached hydrogens (tertiary/aromatic N) is 3. The van der Waals surface area contributed by atoms with Crippen LogP contribution < -0.4 is 5.32 Å². The van der Waals surface area contributed by atoms with E-state index >= 15 is 0 Å². The van der Waals surface area contributed by atoms with Gasteiger partial charge in [-0.1, -0.05) is 13.8 Å². The highest BCUT2D eigenvalue weighted by atomic mass is 16.5. The Bertz CT molecular complexity index is 473. The van der Waals surface area contributed by atoms with Gasteiger partial charge in [0.15, 0.2) is 5.82 Å². The predicted octanol–water partition coefficient (Wildman–Crippen LogP) is 2.15. The lowest BCUT2D eigenvalue weighted by Crippen LogP contribution is -2.46. The summed E-state index contributed by atoms with van der Waals surface area (Å²) in [5.41, 5.74) is 0. The number of fused-ring (bicyclic) bond motifs is 1. The van der Waals surface area contributed by atoms with Gasteiger partial charge in [-0.05, 0) is 37.5 Å². The number of ether oxygens (including phenoxy) is 1. The molecule has 1 N–H and O–H groups in total. The third-order valence-electron chi connectivity index (χ3n) is 5.24. The largest absolute Gasteiger partial charge is 0.377 e. The van der Waals surface area contributed by atoms with Crippen molar-refractivity contribution in [2.75, 3.05) is 7.11 Å². The molecule has 0 bridgehead atoms. The minimum absolute atomic E-state index is 0.510. The zero-order valence-corrected chi connectivity index (χ0v) is 13.5. The zero-order valence-electron chi connectivity index (χ0n) is 13.5. The molecule has 2 heterocycles. The first-order valence-electron chi connectivity index (χ1n) is 8.33. The van der Waals surface area contributed by atoms with Crippen molar-refractivity contribution in [1.29, 1.82) is 0 Å². The summed E-state index contributed by atoms with van der Waals surface area (Å²) in [6.07, 6.45) is 6.19. The van der Waals surface area contributed by atoms with Crippen LogP contribution in [0, 0.1) is 11.8 Å². The van der Waals surface area contributed by atoms with Crippen molar-refractivity contribution < 1.29 is 4.74 Å². The molecule has 0 amide bonds. The van der Waals surface area contributed by atoms with Crippen LogP contribution >= 0.6 is 0 Å². The fourth-order valence-corrected chi connectivity index (χ4v) is 3.72. The second-order valence-electron chi connectivity index (χ2n) is 6.93. The van der Waals surface area contributed by atoms with E-state index < -0.39 is 0 Å². The Balaban J connectivity index is 1.56. The summed E-state index contributed by atoms with van der Waals surface area (Å²) < 4.78 is 7.20. The van der Waals surface area contributed by atoms with Gasteiger partial charge in [0.05, 0.1) is 6.54 Å². The summed E-state index contributed by atoms with van der Waals surface area (Å²) in [5, 5.41) is 8.42. The maximum Gasteiger partial charge on any atom is 0.176 e. The second-order valence-corrected chi connectivity index (χ2v) is 6.93. The van der Waals surface area contributed by atoms with Gasteiger partial charge in [0, 0.05) is 25.6 Å². The van der Waals surface area contributed by atoms with Crippen LogP contribution in [0.3, 0.4) is 0 Å². The molecule has 118 valence electrons. The van der Waals surface area contributed by atoms with E-state index in [0.717, 1.165) is 36.5 Å². The van der Waals surface area contributed by atoms with Gasteiger partial charge in [0.1, 0.15) is 12.4 Å². The average molecular weight is 292 g/mol. The van der Waals surface area contributed by atoms with Crippen molar-refractivity contribution in [1.82, 2.24) is 20.1 Å². The van der Waals surface area contributed by atoms with Crippen LogP contribution in [-0.2, 0) is 24.3 Å². The molecule has 3 rings (SSSR count). The SMILES string of the molecule is COCc1nc2n(n1)C[C@H](N[C@@H]1CC[C@@H](C)[C@H](C)C1)CC2. The van der Waals surface area contributed by atoms with Crippen LogP contribution in [0.15, 0.2) is 0 Å². The average Bonchev–Trinajstić information content (AvgIpc) is 2.85. The van der Waals surface area contributed by atoms with E-state index in [0.29, 0.717) is 18.7 Å². The quantitative estimate of drug-likeness (QED) is 0.924. The Morgan fingerprint density at radius 2 is 2.05 bits per heavy atom. The molecule has 21 heavy (non-hydrogen) atoms. The molecule has 5 nitrogen and oxygen atoms in total. The molecule has 0 spiro atoms. The molecule has 5 heteroatoms. The minimum atomic E-state index is 0.510. The summed E-state index contributed by atoms with van der Waals surface area (Å²) in [4.78, 5) is 4.54. The predicted molar refractivity (Wildman–Crippen MR) is 81.9 cm³/mol. The highest BCUT2D eigenvalue weighted by molar-refractivity contribution is 4.98. The number of methoxy groups -OCH3 is 1. The van der Waals surface area contributed by atoms with Crippen LogP contribution in [0.2, 0.25) is 0 Å². The maximum atomic E-state index is 5.12. The lowest BCUT2D eigenvalue weighted by Gasteiger charge is -2.36. The lowest BCUT2D eigenvalue weighted by atomic mass is 9.79. The maximum absolute atomic E-state index is 5.12. The van der Waals surface area contributed by atoms with Crippen LogP contribution in [0.4, 0.5) is 0 Å². The summed E-state index contributed by atoms with van der Waals surface area (Å²) in [5.74, 6) is 3.65. The van der Waals surface area contributed by atoms with Crippen molar-refractivity contribution in [3.05, 3.63) is 11.6 Å². The van der Waals surface area contributed by atoms with E-state index in [1.54, 1.807) is 7.11 Å². The summed E-state index contributed by atoms with van der Waals surface area (Å²) in [6.45, 7) is 6.25. The molecule has 1 aromatic heterocycles. The van der Waals surface area contributed by atoms with Gasteiger partial charge in [-0.15, -0.1) is 0 Å². The lowest BCUT2D eigenvalue weighted by molar-refractivity contribution is 0.177. The van der Waals surface area contributed by atoms with Crippen LogP contribution in [0.5, 0.6) is 0 Å². The third kappa shape index (κ3) is 3.46. The van der Waals surface area contributed by atoms with Gasteiger partial charge in [-0.25, -0.2) is 9.67 Å². The Morgan fingerprint density at radius 3 is 2.81 bits per heavy atom. The summed E-state index contributed by atoms with van der Waals surface area (Å²) >= 11 is 0. The normalized spacial score (nSPS) is 32.9. The number of rotatable bonds is 4. The molecular weight excluding hydrogens is 264 g/mol. The Morgan fingerprint density at radius 1 is 1.19 bits per heavy atom. The standard InChI is InChI=1S/C16H28N4O/c1-11-4-5-13(8-12(11)2)17-14-6-7-16-18-15(10-21-3)19-20(16)9-14/h11-14,17H,4-10H2,1-3H3/t11-,12-,13-,14-/m1/s1. The molecule has 0 saturated heterocycles. The van der Waals surface area contributed by atoms with E-state index in [4.69, 9.17) is 4.74 Å². The fraction of sp³-hybridized carbons (Fsp3) is 0.875. The first-order valence-corrected chi connectivity index (χ1v) is 8.33. The third-order valence-corrected chi connectivity index (χ3v) is 5.24. The van der Waals surface area contributed by atoms with E-state index in [-0.39, 0.29) is 0 Å². The highest BCUT2D eigenvalue weighted by Gasteiger charge is 2.28. The molecule has 1 aromatic rings. The van der Waals surface area contributed by atoms with Crippen molar-refractivity contribution in [2.45, 2.75) is 71.2 Å². The fourth-order valence-electron chi connectivity index (χ4n) is 3.72. The number of nitrogens with one attached hydrogen (secondary N) is 1. The van der Waals surface area contributed by atoms with Gasteiger partial charge in [-0.2, -0.15) is 5.10 Å². The first kappa shape index (κ1) is 15.0. The topological polar surface area (TPSA) is 52.0 Å². The van der Waals surface area contributed by atoms with Crippen LogP contribution in [-0.4, -0.2) is 34.0 Å². The number of aromatic nitrogens is 3. The smallest absolute Gasteiger partial charge is 0.176 e.